The van der Waals surface area contributed by atoms with Crippen molar-refractivity contribution in [3.8, 4) is 17.2 Å². The van der Waals surface area contributed by atoms with E-state index >= 15 is 0 Å². The fraction of sp³-hybridized carbons (Fsp3) is 0.150. The van der Waals surface area contributed by atoms with E-state index in [9.17, 15) is 8.78 Å². The van der Waals surface area contributed by atoms with Gasteiger partial charge in [-0.15, -0.1) is 0 Å². The van der Waals surface area contributed by atoms with Crippen molar-refractivity contribution in [3.63, 3.8) is 0 Å². The lowest BCUT2D eigenvalue weighted by Crippen LogP contribution is -1.90. The van der Waals surface area contributed by atoms with Crippen LogP contribution in [0.3, 0.4) is 0 Å². The molecule has 0 radical (unpaired) electrons. The van der Waals surface area contributed by atoms with Crippen LogP contribution in [-0.4, -0.2) is 0 Å². The molecule has 0 atom stereocenters. The molecule has 1 nitrogen and oxygen atoms in total. The second kappa shape index (κ2) is 8.34. The Morgan fingerprint density at radius 1 is 1.08 bits per heavy atom. The number of hydrogen-bond donors (Lipinski definition) is 0. The van der Waals surface area contributed by atoms with Crippen LogP contribution >= 0.6 is 11.8 Å². The highest BCUT2D eigenvalue weighted by Crippen LogP contribution is 2.25. The average Bonchev–Trinajstić information content (AvgIpc) is 2.57. The van der Waals surface area contributed by atoms with Gasteiger partial charge in [-0.05, 0) is 60.5 Å². The third-order valence-electron chi connectivity index (χ3n) is 3.37. The Morgan fingerprint density at radius 2 is 1.75 bits per heavy atom. The van der Waals surface area contributed by atoms with Crippen LogP contribution in [0.25, 0.3) is 6.08 Å². The molecule has 0 heterocycles. The molecule has 2 aromatic rings. The molecule has 0 N–H and O–H groups in total. The maximum absolute atomic E-state index is 13.8. The number of thioether (sulfide) groups is 1. The van der Waals surface area contributed by atoms with Crippen LogP contribution in [0.1, 0.15) is 36.1 Å². The highest BCUT2D eigenvalue weighted by atomic mass is 32.2. The van der Waals surface area contributed by atoms with Gasteiger partial charge >= 0.3 is 0 Å². The SMILES string of the molecule is C/C=C/c1ccc(C#Cc2cc(F)c(SC#N)c(F)c2)cc1CC. The van der Waals surface area contributed by atoms with Crippen molar-refractivity contribution in [2.75, 3.05) is 0 Å². The highest BCUT2D eigenvalue weighted by Gasteiger charge is 2.11. The summed E-state index contributed by atoms with van der Waals surface area (Å²) in [6.07, 6.45) is 4.89. The van der Waals surface area contributed by atoms with Gasteiger partial charge in [-0.3, -0.25) is 0 Å². The normalized spacial score (nSPS) is 10.3. The lowest BCUT2D eigenvalue weighted by molar-refractivity contribution is 0.540. The Kier molecular flexibility index (Phi) is 6.18. The summed E-state index contributed by atoms with van der Waals surface area (Å²) in [5.41, 5.74) is 3.33. The number of aryl methyl sites for hydroxylation is 1. The lowest BCUT2D eigenvalue weighted by Gasteiger charge is -2.04. The Bertz CT molecular complexity index is 860. The van der Waals surface area contributed by atoms with E-state index in [4.69, 9.17) is 5.26 Å². The lowest BCUT2D eigenvalue weighted by atomic mass is 10.0. The number of benzene rings is 2. The summed E-state index contributed by atoms with van der Waals surface area (Å²) in [4.78, 5) is -0.299. The van der Waals surface area contributed by atoms with Gasteiger partial charge in [0, 0.05) is 11.1 Å². The zero-order valence-electron chi connectivity index (χ0n) is 13.4. The van der Waals surface area contributed by atoms with Crippen molar-refractivity contribution in [1.29, 1.82) is 5.26 Å². The van der Waals surface area contributed by atoms with Crippen molar-refractivity contribution in [2.45, 2.75) is 25.2 Å². The first kappa shape index (κ1) is 17.8. The summed E-state index contributed by atoms with van der Waals surface area (Å²) in [6, 6.07) is 8.13. The predicted octanol–water partition coefficient (Wildman–Crippen LogP) is 5.53. The molecule has 0 aliphatic carbocycles. The zero-order valence-corrected chi connectivity index (χ0v) is 14.2. The number of nitrogens with zero attached hydrogens (tertiary/aromatic N) is 1. The first-order valence-electron chi connectivity index (χ1n) is 7.41. The molecule has 24 heavy (non-hydrogen) atoms. The summed E-state index contributed by atoms with van der Waals surface area (Å²) in [5.74, 6) is 4.16. The number of thiocyanates is 1. The van der Waals surface area contributed by atoms with E-state index in [2.05, 4.69) is 18.8 Å². The minimum Gasteiger partial charge on any atom is -0.206 e. The molecule has 120 valence electrons. The first-order chi connectivity index (χ1) is 11.6. The van der Waals surface area contributed by atoms with Crippen LogP contribution in [0, 0.1) is 34.1 Å². The molecule has 0 aliphatic heterocycles. The van der Waals surface area contributed by atoms with Gasteiger partial charge < -0.3 is 0 Å². The van der Waals surface area contributed by atoms with E-state index in [-0.39, 0.29) is 10.5 Å². The van der Waals surface area contributed by atoms with E-state index < -0.39 is 11.6 Å². The van der Waals surface area contributed by atoms with Gasteiger partial charge in [-0.1, -0.05) is 37.0 Å². The van der Waals surface area contributed by atoms with Gasteiger partial charge in [0.05, 0.1) is 4.90 Å². The standard InChI is InChI=1S/C20H15F2NS/c1-3-5-17-9-8-14(10-16(17)4-2)6-7-15-11-18(21)20(24-13-23)19(22)12-15/h3,5,8-12H,4H2,1-2H3/b5-3+. The molecule has 0 fully saturated rings. The summed E-state index contributed by atoms with van der Waals surface area (Å²) >= 11 is 0.464. The van der Waals surface area contributed by atoms with Gasteiger partial charge in [0.15, 0.2) is 0 Å². The van der Waals surface area contributed by atoms with E-state index in [0.29, 0.717) is 11.8 Å². The molecule has 0 aromatic heterocycles. The molecular formula is C20H15F2NS. The third kappa shape index (κ3) is 4.25. The van der Waals surface area contributed by atoms with Crippen LogP contribution in [0.5, 0.6) is 0 Å². The molecular weight excluding hydrogens is 324 g/mol. The fourth-order valence-corrected chi connectivity index (χ4v) is 2.66. The maximum atomic E-state index is 13.8. The largest absolute Gasteiger partial charge is 0.206 e. The van der Waals surface area contributed by atoms with Crippen LogP contribution in [0.2, 0.25) is 0 Å². The Labute approximate surface area is 145 Å². The maximum Gasteiger partial charge on any atom is 0.142 e. The number of nitriles is 1. The van der Waals surface area contributed by atoms with Gasteiger partial charge in [0.1, 0.15) is 17.0 Å². The molecule has 4 heteroatoms. The van der Waals surface area contributed by atoms with Crippen LogP contribution in [0.4, 0.5) is 8.78 Å². The van der Waals surface area contributed by atoms with Gasteiger partial charge in [0.2, 0.25) is 0 Å². The monoisotopic (exact) mass is 339 g/mol. The summed E-state index contributed by atoms with van der Waals surface area (Å²) in [6.45, 7) is 4.03. The second-order valence-corrected chi connectivity index (χ2v) is 5.77. The van der Waals surface area contributed by atoms with Crippen LogP contribution in [0.15, 0.2) is 41.3 Å². The molecule has 0 spiro atoms. The summed E-state index contributed by atoms with van der Waals surface area (Å²) in [5, 5.41) is 10.2. The molecule has 0 aliphatic rings. The topological polar surface area (TPSA) is 23.8 Å². The number of hydrogen-bond acceptors (Lipinski definition) is 2. The number of allylic oxidation sites excluding steroid dienone is 1. The Balaban J connectivity index is 2.35. The molecule has 2 aromatic carbocycles. The third-order valence-corrected chi connectivity index (χ3v) is 4.05. The molecule has 0 unspecified atom stereocenters. The quantitative estimate of drug-likeness (QED) is 0.417. The van der Waals surface area contributed by atoms with Crippen LogP contribution < -0.4 is 0 Å². The van der Waals surface area contributed by atoms with E-state index in [0.717, 1.165) is 35.2 Å². The predicted molar refractivity (Wildman–Crippen MR) is 94.3 cm³/mol. The second-order valence-electron chi connectivity index (χ2n) is 4.98. The van der Waals surface area contributed by atoms with Crippen molar-refractivity contribution < 1.29 is 8.78 Å². The van der Waals surface area contributed by atoms with Gasteiger partial charge in [-0.25, -0.2) is 8.78 Å². The smallest absolute Gasteiger partial charge is 0.142 e. The molecule has 0 saturated carbocycles. The number of halogens is 2. The molecule has 0 saturated heterocycles. The van der Waals surface area contributed by atoms with Crippen molar-refractivity contribution in [2.24, 2.45) is 0 Å². The fourth-order valence-electron chi connectivity index (χ4n) is 2.25. The van der Waals surface area contributed by atoms with E-state index in [1.165, 1.54) is 0 Å². The minimum absolute atomic E-state index is 0.239. The van der Waals surface area contributed by atoms with Crippen molar-refractivity contribution >= 4 is 17.8 Å². The van der Waals surface area contributed by atoms with Crippen molar-refractivity contribution in [1.82, 2.24) is 0 Å². The average molecular weight is 339 g/mol. The van der Waals surface area contributed by atoms with Gasteiger partial charge in [-0.2, -0.15) is 5.26 Å². The summed E-state index contributed by atoms with van der Waals surface area (Å²) in [7, 11) is 0. The van der Waals surface area contributed by atoms with Crippen LogP contribution in [-0.2, 0) is 6.42 Å². The minimum atomic E-state index is -0.775. The highest BCUT2D eigenvalue weighted by molar-refractivity contribution is 8.03. The molecule has 2 rings (SSSR count). The van der Waals surface area contributed by atoms with E-state index in [1.807, 2.05) is 37.3 Å². The van der Waals surface area contributed by atoms with Gasteiger partial charge in [0.25, 0.3) is 0 Å². The Hall–Kier alpha value is -2.56. The number of rotatable bonds is 3. The molecule has 0 bridgehead atoms. The summed E-state index contributed by atoms with van der Waals surface area (Å²) < 4.78 is 27.6. The van der Waals surface area contributed by atoms with E-state index in [1.54, 1.807) is 5.40 Å². The Morgan fingerprint density at radius 3 is 2.33 bits per heavy atom. The van der Waals surface area contributed by atoms with Crippen molar-refractivity contribution in [3.05, 3.63) is 70.3 Å². The molecule has 0 amide bonds. The zero-order chi connectivity index (χ0) is 17.5. The first-order valence-corrected chi connectivity index (χ1v) is 8.23.